The zero-order chi connectivity index (χ0) is 6.53. The molecule has 0 aliphatic heterocycles. The minimum absolute atomic E-state index is 0. The fourth-order valence-electron chi connectivity index (χ4n) is 1.60. The number of rotatable bonds is 2. The first-order chi connectivity index (χ1) is 4.43. The number of hydrogen-bond donors (Lipinski definition) is 2. The molecule has 2 heteroatoms. The maximum Gasteiger partial charge on any atom is 0.00669 e. The van der Waals surface area contributed by atoms with Crippen molar-refractivity contribution in [2.24, 2.45) is 0 Å². The Labute approximate surface area is 64.0 Å². The predicted molar refractivity (Wildman–Crippen MR) is 45.6 cm³/mol. The predicted octanol–water partition coefficient (Wildman–Crippen LogP) is 2.09. The fraction of sp³-hybridized carbons (Fsp3) is 1.00. The van der Waals surface area contributed by atoms with Crippen molar-refractivity contribution in [2.45, 2.75) is 45.1 Å². The molecular weight excluding hydrogens is 124 g/mol. The molecule has 1 fully saturated rings. The van der Waals surface area contributed by atoms with Gasteiger partial charge in [-0.1, -0.05) is 26.2 Å². The maximum atomic E-state index is 3.48. The molecule has 0 heterocycles. The van der Waals surface area contributed by atoms with Crippen molar-refractivity contribution in [3.8, 4) is 0 Å². The van der Waals surface area contributed by atoms with Crippen LogP contribution in [0, 0.1) is 0 Å². The summed E-state index contributed by atoms with van der Waals surface area (Å²) in [6.45, 7) is 3.33. The molecule has 0 bridgehead atoms. The van der Waals surface area contributed by atoms with E-state index in [0.29, 0.717) is 0 Å². The summed E-state index contributed by atoms with van der Waals surface area (Å²) >= 11 is 0. The van der Waals surface area contributed by atoms with Crippen molar-refractivity contribution < 1.29 is 0 Å². The molecular formula is C8H20N2. The van der Waals surface area contributed by atoms with E-state index >= 15 is 0 Å². The summed E-state index contributed by atoms with van der Waals surface area (Å²) in [5, 5.41) is 3.48. The van der Waals surface area contributed by atoms with Gasteiger partial charge >= 0.3 is 0 Å². The standard InChI is InChI=1S/C8H17N.H3N/c1-2-9-8-6-4-3-5-7-8;/h8-9H,2-7H2,1H3;1H3. The highest BCUT2D eigenvalue weighted by atomic mass is 14.9. The largest absolute Gasteiger partial charge is 0.344 e. The Morgan fingerprint density at radius 2 is 1.80 bits per heavy atom. The van der Waals surface area contributed by atoms with Crippen LogP contribution in [0.1, 0.15) is 39.0 Å². The van der Waals surface area contributed by atoms with E-state index in [1.807, 2.05) is 0 Å². The molecule has 10 heavy (non-hydrogen) atoms. The van der Waals surface area contributed by atoms with Crippen molar-refractivity contribution in [3.05, 3.63) is 0 Å². The lowest BCUT2D eigenvalue weighted by atomic mass is 9.96. The second kappa shape index (κ2) is 5.69. The highest BCUT2D eigenvalue weighted by Crippen LogP contribution is 2.16. The molecule has 2 nitrogen and oxygen atoms in total. The molecule has 0 saturated heterocycles. The molecule has 0 aromatic heterocycles. The fourth-order valence-corrected chi connectivity index (χ4v) is 1.60. The van der Waals surface area contributed by atoms with Crippen LogP contribution in [0.5, 0.6) is 0 Å². The van der Waals surface area contributed by atoms with E-state index in [4.69, 9.17) is 0 Å². The molecule has 0 unspecified atom stereocenters. The van der Waals surface area contributed by atoms with Gasteiger partial charge in [0, 0.05) is 6.04 Å². The van der Waals surface area contributed by atoms with Crippen molar-refractivity contribution in [1.29, 1.82) is 0 Å². The van der Waals surface area contributed by atoms with Crippen LogP contribution < -0.4 is 11.5 Å². The van der Waals surface area contributed by atoms with Crippen LogP contribution in [0.25, 0.3) is 0 Å². The first-order valence-corrected chi connectivity index (χ1v) is 4.17. The zero-order valence-corrected chi connectivity index (χ0v) is 7.03. The smallest absolute Gasteiger partial charge is 0.00669 e. The molecule has 0 amide bonds. The quantitative estimate of drug-likeness (QED) is 0.623. The molecule has 4 N–H and O–H groups in total. The van der Waals surface area contributed by atoms with Gasteiger partial charge in [-0.25, -0.2) is 0 Å². The van der Waals surface area contributed by atoms with Crippen LogP contribution in [0.3, 0.4) is 0 Å². The summed E-state index contributed by atoms with van der Waals surface area (Å²) in [4.78, 5) is 0. The van der Waals surface area contributed by atoms with Gasteiger partial charge in [0.25, 0.3) is 0 Å². The van der Waals surface area contributed by atoms with Gasteiger partial charge in [-0.2, -0.15) is 0 Å². The van der Waals surface area contributed by atoms with E-state index < -0.39 is 0 Å². The van der Waals surface area contributed by atoms with Crippen LogP contribution in [-0.4, -0.2) is 12.6 Å². The molecule has 0 spiro atoms. The molecule has 1 saturated carbocycles. The van der Waals surface area contributed by atoms with Gasteiger partial charge in [0.1, 0.15) is 0 Å². The van der Waals surface area contributed by atoms with Crippen LogP contribution in [0.4, 0.5) is 0 Å². The molecule has 0 radical (unpaired) electrons. The Balaban J connectivity index is 0.000000810. The third kappa shape index (κ3) is 3.18. The summed E-state index contributed by atoms with van der Waals surface area (Å²) in [7, 11) is 0. The van der Waals surface area contributed by atoms with Crippen molar-refractivity contribution >= 4 is 0 Å². The number of hydrogen-bond acceptors (Lipinski definition) is 2. The van der Waals surface area contributed by atoms with Crippen LogP contribution in [0.2, 0.25) is 0 Å². The van der Waals surface area contributed by atoms with Gasteiger partial charge in [-0.3, -0.25) is 0 Å². The van der Waals surface area contributed by atoms with Gasteiger partial charge in [-0.05, 0) is 19.4 Å². The lowest BCUT2D eigenvalue weighted by molar-refractivity contribution is 0.380. The third-order valence-corrected chi connectivity index (χ3v) is 2.10. The van der Waals surface area contributed by atoms with Gasteiger partial charge in [0.15, 0.2) is 0 Å². The molecule has 1 aliphatic rings. The molecule has 62 valence electrons. The lowest BCUT2D eigenvalue weighted by Crippen LogP contribution is -2.30. The Hall–Kier alpha value is -0.0800. The van der Waals surface area contributed by atoms with Crippen LogP contribution >= 0.6 is 0 Å². The summed E-state index contributed by atoms with van der Waals surface area (Å²) in [5.41, 5.74) is 0. The van der Waals surface area contributed by atoms with Crippen molar-refractivity contribution in [2.75, 3.05) is 6.54 Å². The Morgan fingerprint density at radius 1 is 1.20 bits per heavy atom. The highest BCUT2D eigenvalue weighted by molar-refractivity contribution is 4.70. The minimum atomic E-state index is 0. The van der Waals surface area contributed by atoms with Gasteiger partial charge < -0.3 is 11.5 Å². The molecule has 1 aliphatic carbocycles. The monoisotopic (exact) mass is 144 g/mol. The van der Waals surface area contributed by atoms with Gasteiger partial charge in [0.2, 0.25) is 0 Å². The van der Waals surface area contributed by atoms with E-state index in [9.17, 15) is 0 Å². The van der Waals surface area contributed by atoms with E-state index in [1.54, 1.807) is 0 Å². The van der Waals surface area contributed by atoms with Crippen molar-refractivity contribution in [3.63, 3.8) is 0 Å². The average Bonchev–Trinajstić information content (AvgIpc) is 1.91. The summed E-state index contributed by atoms with van der Waals surface area (Å²) in [5.74, 6) is 0. The Morgan fingerprint density at radius 3 is 2.30 bits per heavy atom. The highest BCUT2D eigenvalue weighted by Gasteiger charge is 2.10. The van der Waals surface area contributed by atoms with E-state index in [2.05, 4.69) is 12.2 Å². The summed E-state index contributed by atoms with van der Waals surface area (Å²) in [6.07, 6.45) is 7.17. The number of nitrogens with one attached hydrogen (secondary N) is 1. The molecule has 1 rings (SSSR count). The van der Waals surface area contributed by atoms with Crippen molar-refractivity contribution in [1.82, 2.24) is 11.5 Å². The zero-order valence-electron chi connectivity index (χ0n) is 7.03. The molecule has 0 aromatic carbocycles. The molecule has 0 atom stereocenters. The van der Waals surface area contributed by atoms with Crippen LogP contribution in [0.15, 0.2) is 0 Å². The third-order valence-electron chi connectivity index (χ3n) is 2.10. The second-order valence-corrected chi connectivity index (χ2v) is 2.89. The van der Waals surface area contributed by atoms with E-state index in [-0.39, 0.29) is 6.15 Å². The van der Waals surface area contributed by atoms with E-state index in [0.717, 1.165) is 12.6 Å². The minimum Gasteiger partial charge on any atom is -0.344 e. The van der Waals surface area contributed by atoms with Crippen LogP contribution in [-0.2, 0) is 0 Å². The maximum absolute atomic E-state index is 3.48. The summed E-state index contributed by atoms with van der Waals surface area (Å²) < 4.78 is 0. The lowest BCUT2D eigenvalue weighted by Gasteiger charge is -2.21. The second-order valence-electron chi connectivity index (χ2n) is 2.89. The first kappa shape index (κ1) is 9.92. The molecule has 0 aromatic rings. The van der Waals surface area contributed by atoms with Gasteiger partial charge in [0.05, 0.1) is 0 Å². The SMILES string of the molecule is CCNC1CCCCC1.N. The topological polar surface area (TPSA) is 47.0 Å². The Bertz CT molecular complexity index is 64.9. The Kier molecular flexibility index (Phi) is 5.64. The van der Waals surface area contributed by atoms with E-state index in [1.165, 1.54) is 32.1 Å². The average molecular weight is 144 g/mol. The normalized spacial score (nSPS) is 20.1. The first-order valence-electron chi connectivity index (χ1n) is 4.17. The van der Waals surface area contributed by atoms with Gasteiger partial charge in [-0.15, -0.1) is 0 Å². The summed E-state index contributed by atoms with van der Waals surface area (Å²) in [6, 6.07) is 0.851.